The minimum absolute atomic E-state index is 0.466. The van der Waals surface area contributed by atoms with Crippen LogP contribution in [0.3, 0.4) is 0 Å². The fraction of sp³-hybridized carbons (Fsp3) is 0.483. The van der Waals surface area contributed by atoms with Crippen molar-refractivity contribution in [2.45, 2.75) is 68.9 Å². The average Bonchev–Trinajstić information content (AvgIpc) is 3.83. The Morgan fingerprint density at radius 2 is 1.53 bits per heavy atom. The Balaban J connectivity index is 1.35. The summed E-state index contributed by atoms with van der Waals surface area (Å²) in [7, 11) is 0. The van der Waals surface area contributed by atoms with E-state index in [9.17, 15) is 5.26 Å². The minimum atomic E-state index is -0.518. The van der Waals surface area contributed by atoms with Crippen molar-refractivity contribution in [1.29, 1.82) is 5.26 Å². The number of benzene rings is 2. The number of aromatic nitrogens is 3. The quantitative estimate of drug-likeness (QED) is 0.420. The fourth-order valence-corrected chi connectivity index (χ4v) is 5.31. The van der Waals surface area contributed by atoms with Crippen LogP contribution < -0.4 is 0 Å². The van der Waals surface area contributed by atoms with Crippen LogP contribution in [0.15, 0.2) is 60.7 Å². The van der Waals surface area contributed by atoms with Crippen molar-refractivity contribution in [3.05, 3.63) is 72.1 Å². The van der Waals surface area contributed by atoms with Crippen molar-refractivity contribution in [3.63, 3.8) is 0 Å². The summed E-state index contributed by atoms with van der Waals surface area (Å²) in [5, 5.41) is 15.3. The predicted molar refractivity (Wildman–Crippen MR) is 131 cm³/mol. The maximum Gasteiger partial charge on any atom is 0.183 e. The van der Waals surface area contributed by atoms with E-state index in [1.165, 1.54) is 25.7 Å². The van der Waals surface area contributed by atoms with E-state index in [-0.39, 0.29) is 0 Å². The van der Waals surface area contributed by atoms with Gasteiger partial charge >= 0.3 is 0 Å². The zero-order valence-corrected chi connectivity index (χ0v) is 19.7. The van der Waals surface area contributed by atoms with Crippen molar-refractivity contribution in [2.75, 3.05) is 6.61 Å². The Hall–Kier alpha value is -2.97. The number of nitrogens with zero attached hydrogens (tertiary/aromatic N) is 4. The van der Waals surface area contributed by atoms with Gasteiger partial charge in [0.1, 0.15) is 5.60 Å². The van der Waals surface area contributed by atoms with E-state index >= 15 is 0 Å². The van der Waals surface area contributed by atoms with E-state index in [0.717, 1.165) is 61.6 Å². The van der Waals surface area contributed by atoms with Gasteiger partial charge in [0, 0.05) is 12.1 Å². The second kappa shape index (κ2) is 8.67. The SMILES string of the molecule is N#C[C@]1(c2ccccc2)CC[C@](OCC2CC2)(c2nc(-c3ccccc3)n(CC3CC3)n2)CC1. The maximum atomic E-state index is 10.2. The van der Waals surface area contributed by atoms with Crippen molar-refractivity contribution < 1.29 is 4.74 Å². The Labute approximate surface area is 201 Å². The summed E-state index contributed by atoms with van der Waals surface area (Å²) in [5.41, 5.74) is 1.24. The summed E-state index contributed by atoms with van der Waals surface area (Å²) >= 11 is 0. The molecule has 3 saturated carbocycles. The number of rotatable bonds is 8. The van der Waals surface area contributed by atoms with E-state index < -0.39 is 11.0 Å². The summed E-state index contributed by atoms with van der Waals surface area (Å²) in [6.45, 7) is 1.69. The van der Waals surface area contributed by atoms with Gasteiger partial charge in [0.2, 0.25) is 0 Å². The van der Waals surface area contributed by atoms with Crippen LogP contribution in [0.4, 0.5) is 0 Å². The third-order valence-corrected chi connectivity index (χ3v) is 7.98. The molecule has 3 aromatic rings. The lowest BCUT2D eigenvalue weighted by Gasteiger charge is -2.42. The first-order valence-corrected chi connectivity index (χ1v) is 12.8. The third kappa shape index (κ3) is 4.16. The van der Waals surface area contributed by atoms with Gasteiger partial charge in [-0.25, -0.2) is 9.67 Å². The number of ether oxygens (including phenoxy) is 1. The molecule has 0 saturated heterocycles. The summed E-state index contributed by atoms with van der Waals surface area (Å²) < 4.78 is 8.85. The Bertz CT molecular complexity index is 1160. The van der Waals surface area contributed by atoms with Crippen LogP contribution in [0.25, 0.3) is 11.4 Å². The molecule has 3 aliphatic rings. The molecule has 5 nitrogen and oxygen atoms in total. The van der Waals surface area contributed by atoms with Gasteiger partial charge in [0.05, 0.1) is 18.1 Å². The molecule has 0 radical (unpaired) electrons. The smallest absolute Gasteiger partial charge is 0.183 e. The topological polar surface area (TPSA) is 63.7 Å². The maximum absolute atomic E-state index is 10.2. The van der Waals surface area contributed by atoms with Crippen LogP contribution in [0.5, 0.6) is 0 Å². The first-order valence-electron chi connectivity index (χ1n) is 12.8. The summed E-state index contributed by atoms with van der Waals surface area (Å²) in [4.78, 5) is 5.15. The van der Waals surface area contributed by atoms with Crippen LogP contribution in [0.1, 0.15) is 62.8 Å². The third-order valence-electron chi connectivity index (χ3n) is 7.98. The first-order chi connectivity index (χ1) is 16.7. The molecule has 1 heterocycles. The van der Waals surface area contributed by atoms with Crippen LogP contribution in [0, 0.1) is 23.2 Å². The van der Waals surface area contributed by atoms with Gasteiger partial charge in [-0.1, -0.05) is 60.7 Å². The van der Waals surface area contributed by atoms with E-state index in [4.69, 9.17) is 14.8 Å². The predicted octanol–water partition coefficient (Wildman–Crippen LogP) is 6.01. The summed E-state index contributed by atoms with van der Waals surface area (Å²) in [5.74, 6) is 3.12. The molecule has 3 fully saturated rings. The van der Waals surface area contributed by atoms with Gasteiger partial charge in [-0.3, -0.25) is 0 Å². The molecule has 0 N–H and O–H groups in total. The van der Waals surface area contributed by atoms with E-state index in [1.54, 1.807) is 0 Å². The summed E-state index contributed by atoms with van der Waals surface area (Å²) in [6, 6.07) is 23.3. The Morgan fingerprint density at radius 3 is 2.15 bits per heavy atom. The molecule has 0 aliphatic heterocycles. The molecule has 0 bridgehead atoms. The highest BCUT2D eigenvalue weighted by atomic mass is 16.5. The molecule has 1 aromatic heterocycles. The Morgan fingerprint density at radius 1 is 0.882 bits per heavy atom. The van der Waals surface area contributed by atoms with Crippen molar-refractivity contribution in [3.8, 4) is 17.5 Å². The van der Waals surface area contributed by atoms with E-state index in [2.05, 4.69) is 47.1 Å². The second-order valence-corrected chi connectivity index (χ2v) is 10.6. The molecule has 0 spiro atoms. The lowest BCUT2D eigenvalue weighted by Crippen LogP contribution is -2.42. The highest BCUT2D eigenvalue weighted by Gasteiger charge is 2.49. The molecule has 6 rings (SSSR count). The molecule has 174 valence electrons. The highest BCUT2D eigenvalue weighted by molar-refractivity contribution is 5.55. The standard InChI is InChI=1S/C29H32N4O/c30-21-28(25-9-5-2-6-10-25)15-17-29(18-16-28,34-20-23-13-14-23)27-31-26(24-7-3-1-4-8-24)33(32-27)19-22-11-12-22/h1-10,22-23H,11-20H2/t28-,29+. The molecule has 0 atom stereocenters. The van der Waals surface area contributed by atoms with Gasteiger partial charge in [-0.2, -0.15) is 10.4 Å². The molecule has 2 aromatic carbocycles. The van der Waals surface area contributed by atoms with Crippen molar-refractivity contribution >= 4 is 0 Å². The molecule has 3 aliphatic carbocycles. The van der Waals surface area contributed by atoms with E-state index in [0.29, 0.717) is 11.8 Å². The van der Waals surface area contributed by atoms with Crippen LogP contribution in [-0.4, -0.2) is 21.4 Å². The molecular weight excluding hydrogens is 420 g/mol. The minimum Gasteiger partial charge on any atom is -0.367 e. The Kier molecular flexibility index (Phi) is 5.50. The monoisotopic (exact) mass is 452 g/mol. The normalized spacial score (nSPS) is 26.8. The largest absolute Gasteiger partial charge is 0.367 e. The van der Waals surface area contributed by atoms with Crippen LogP contribution in [0.2, 0.25) is 0 Å². The summed E-state index contributed by atoms with van der Waals surface area (Å²) in [6.07, 6.45) is 8.10. The molecule has 0 amide bonds. The fourth-order valence-electron chi connectivity index (χ4n) is 5.31. The molecule has 0 unspecified atom stereocenters. The number of hydrogen-bond acceptors (Lipinski definition) is 4. The lowest BCUT2D eigenvalue weighted by atomic mass is 9.65. The van der Waals surface area contributed by atoms with E-state index in [1.807, 2.05) is 24.3 Å². The van der Waals surface area contributed by atoms with Gasteiger partial charge in [0.15, 0.2) is 11.6 Å². The highest BCUT2D eigenvalue weighted by Crippen LogP contribution is 2.49. The molecule has 34 heavy (non-hydrogen) atoms. The second-order valence-electron chi connectivity index (χ2n) is 10.6. The lowest BCUT2D eigenvalue weighted by molar-refractivity contribution is -0.0939. The van der Waals surface area contributed by atoms with Gasteiger partial charge in [-0.05, 0) is 68.8 Å². The zero-order valence-electron chi connectivity index (χ0n) is 19.7. The van der Waals surface area contributed by atoms with Crippen LogP contribution >= 0.6 is 0 Å². The van der Waals surface area contributed by atoms with Gasteiger partial charge in [0.25, 0.3) is 0 Å². The zero-order chi connectivity index (χ0) is 23.0. The van der Waals surface area contributed by atoms with Gasteiger partial charge < -0.3 is 4.74 Å². The number of hydrogen-bond donors (Lipinski definition) is 0. The van der Waals surface area contributed by atoms with Crippen molar-refractivity contribution in [2.24, 2.45) is 11.8 Å². The van der Waals surface area contributed by atoms with Gasteiger partial charge in [-0.15, -0.1) is 0 Å². The average molecular weight is 453 g/mol. The molecule has 5 heteroatoms. The number of nitriles is 1. The van der Waals surface area contributed by atoms with Crippen LogP contribution in [-0.2, 0) is 22.3 Å². The molecular formula is C29H32N4O. The van der Waals surface area contributed by atoms with Crippen molar-refractivity contribution in [1.82, 2.24) is 14.8 Å². The first kappa shape index (κ1) is 21.6.